The summed E-state index contributed by atoms with van der Waals surface area (Å²) in [7, 11) is 0. The topological polar surface area (TPSA) is 58.2 Å². The molecule has 4 fully saturated rings. The van der Waals surface area contributed by atoms with Gasteiger partial charge in [-0.2, -0.15) is 0 Å². The lowest BCUT2D eigenvalue weighted by Gasteiger charge is -2.55. The van der Waals surface area contributed by atoms with E-state index in [1.165, 1.54) is 24.8 Å². The van der Waals surface area contributed by atoms with Gasteiger partial charge in [0, 0.05) is 11.1 Å². The van der Waals surface area contributed by atoms with Crippen molar-refractivity contribution < 1.29 is 9.59 Å². The molecule has 1 aromatic carbocycles. The van der Waals surface area contributed by atoms with Crippen LogP contribution in [0.4, 0.5) is 5.69 Å². The van der Waals surface area contributed by atoms with Crippen molar-refractivity contribution in [3.63, 3.8) is 0 Å². The average Bonchev–Trinajstić information content (AvgIpc) is 2.59. The molecule has 2 N–H and O–H groups in total. The lowest BCUT2D eigenvalue weighted by Crippen LogP contribution is -2.54. The van der Waals surface area contributed by atoms with Crippen LogP contribution in [-0.4, -0.2) is 18.4 Å². The molecule has 0 aromatic heterocycles. The molecule has 0 atom stereocenters. The smallest absolute Gasteiger partial charge is 0.243 e. The first kappa shape index (κ1) is 17.6. The normalized spacial score (nSPS) is 31.9. The van der Waals surface area contributed by atoms with Gasteiger partial charge in [0.25, 0.3) is 0 Å². The minimum atomic E-state index is -0.187. The second-order valence-corrected chi connectivity index (χ2v) is 9.21. The number of hydrogen-bond donors (Lipinski definition) is 2. The number of benzene rings is 1. The standard InChI is InChI=1S/C22H30N2O2/c1-14(2)18-3-5-19(6-4-18)24-20(25)13-23-21(26)22-10-15-7-16(11-22)9-17(8-15)12-22/h3-6,14-17H,7-13H2,1-2H3,(H,23,26)(H,24,25). The average molecular weight is 354 g/mol. The van der Waals surface area contributed by atoms with E-state index >= 15 is 0 Å². The summed E-state index contributed by atoms with van der Waals surface area (Å²) in [6.45, 7) is 4.35. The molecule has 4 aliphatic carbocycles. The number of carbonyl (C=O) groups is 2. The fraction of sp³-hybridized carbons (Fsp3) is 0.636. The van der Waals surface area contributed by atoms with E-state index in [0.717, 1.165) is 42.7 Å². The number of carbonyl (C=O) groups excluding carboxylic acids is 2. The lowest BCUT2D eigenvalue weighted by molar-refractivity contribution is -0.146. The Morgan fingerprint density at radius 1 is 1.00 bits per heavy atom. The van der Waals surface area contributed by atoms with Crippen molar-refractivity contribution in [2.75, 3.05) is 11.9 Å². The van der Waals surface area contributed by atoms with E-state index in [0.29, 0.717) is 5.92 Å². The first-order chi connectivity index (χ1) is 12.4. The van der Waals surface area contributed by atoms with Gasteiger partial charge < -0.3 is 10.6 Å². The Morgan fingerprint density at radius 2 is 1.54 bits per heavy atom. The summed E-state index contributed by atoms with van der Waals surface area (Å²) in [5, 5.41) is 5.82. The highest BCUT2D eigenvalue weighted by Crippen LogP contribution is 2.60. The van der Waals surface area contributed by atoms with Gasteiger partial charge in [0.05, 0.1) is 6.54 Å². The molecule has 26 heavy (non-hydrogen) atoms. The summed E-state index contributed by atoms with van der Waals surface area (Å²) < 4.78 is 0. The molecule has 4 bridgehead atoms. The quantitative estimate of drug-likeness (QED) is 0.837. The molecular formula is C22H30N2O2. The molecule has 4 aliphatic rings. The van der Waals surface area contributed by atoms with Gasteiger partial charge in [0.1, 0.15) is 0 Å². The maximum Gasteiger partial charge on any atom is 0.243 e. The number of anilines is 1. The monoisotopic (exact) mass is 354 g/mol. The minimum absolute atomic E-state index is 0.0620. The van der Waals surface area contributed by atoms with Crippen molar-refractivity contribution >= 4 is 17.5 Å². The van der Waals surface area contributed by atoms with Gasteiger partial charge >= 0.3 is 0 Å². The fourth-order valence-corrected chi connectivity index (χ4v) is 5.89. The zero-order valence-corrected chi connectivity index (χ0v) is 15.9. The predicted octanol–water partition coefficient (Wildman–Crippen LogP) is 4.08. The first-order valence-corrected chi connectivity index (χ1v) is 10.1. The van der Waals surface area contributed by atoms with Gasteiger partial charge in [0.15, 0.2) is 0 Å². The molecule has 1 aromatic rings. The second-order valence-electron chi connectivity index (χ2n) is 9.21. The molecule has 0 saturated heterocycles. The maximum absolute atomic E-state index is 12.9. The van der Waals surface area contributed by atoms with Crippen LogP contribution in [0.2, 0.25) is 0 Å². The van der Waals surface area contributed by atoms with Gasteiger partial charge in [-0.25, -0.2) is 0 Å². The van der Waals surface area contributed by atoms with Crippen LogP contribution in [-0.2, 0) is 9.59 Å². The van der Waals surface area contributed by atoms with E-state index in [1.807, 2.05) is 24.3 Å². The van der Waals surface area contributed by atoms with E-state index in [4.69, 9.17) is 0 Å². The summed E-state index contributed by atoms with van der Waals surface area (Å²) >= 11 is 0. The Labute approximate surface area is 156 Å². The van der Waals surface area contributed by atoms with Gasteiger partial charge in [0.2, 0.25) is 11.8 Å². The van der Waals surface area contributed by atoms with Gasteiger partial charge in [-0.15, -0.1) is 0 Å². The number of hydrogen-bond acceptors (Lipinski definition) is 2. The Hall–Kier alpha value is -1.84. The van der Waals surface area contributed by atoms with Gasteiger partial charge in [-0.05, 0) is 79.9 Å². The van der Waals surface area contributed by atoms with Crippen LogP contribution in [0, 0.1) is 23.2 Å². The van der Waals surface area contributed by atoms with Crippen molar-refractivity contribution in [2.24, 2.45) is 23.2 Å². The summed E-state index contributed by atoms with van der Waals surface area (Å²) in [6, 6.07) is 7.92. The SMILES string of the molecule is CC(C)c1ccc(NC(=O)CNC(=O)C23CC4CC(CC(C4)C2)C3)cc1. The molecule has 5 rings (SSSR count). The zero-order chi connectivity index (χ0) is 18.3. The minimum Gasteiger partial charge on any atom is -0.347 e. The predicted molar refractivity (Wildman–Crippen MR) is 103 cm³/mol. The van der Waals surface area contributed by atoms with Crippen LogP contribution in [0.5, 0.6) is 0 Å². The molecule has 0 unspecified atom stereocenters. The highest BCUT2D eigenvalue weighted by Gasteiger charge is 2.54. The van der Waals surface area contributed by atoms with Crippen molar-refractivity contribution in [1.82, 2.24) is 5.32 Å². The number of amides is 2. The molecule has 2 amide bonds. The molecule has 0 aliphatic heterocycles. The summed E-state index contributed by atoms with van der Waals surface area (Å²) in [6.07, 6.45) is 7.05. The zero-order valence-electron chi connectivity index (χ0n) is 15.9. The van der Waals surface area contributed by atoms with Crippen molar-refractivity contribution in [3.8, 4) is 0 Å². The van der Waals surface area contributed by atoms with E-state index in [1.54, 1.807) is 0 Å². The molecule has 4 nitrogen and oxygen atoms in total. The van der Waals surface area contributed by atoms with Crippen LogP contribution >= 0.6 is 0 Å². The lowest BCUT2D eigenvalue weighted by atomic mass is 9.49. The molecule has 4 saturated carbocycles. The van der Waals surface area contributed by atoms with Crippen molar-refractivity contribution in [1.29, 1.82) is 0 Å². The molecule has 0 radical (unpaired) electrons. The van der Waals surface area contributed by atoms with E-state index < -0.39 is 0 Å². The van der Waals surface area contributed by atoms with Gasteiger partial charge in [-0.3, -0.25) is 9.59 Å². The largest absolute Gasteiger partial charge is 0.347 e. The van der Waals surface area contributed by atoms with E-state index in [-0.39, 0.29) is 23.8 Å². The first-order valence-electron chi connectivity index (χ1n) is 10.1. The summed E-state index contributed by atoms with van der Waals surface area (Å²) in [4.78, 5) is 25.1. The Balaban J connectivity index is 1.31. The maximum atomic E-state index is 12.9. The van der Waals surface area contributed by atoms with Crippen LogP contribution in [0.25, 0.3) is 0 Å². The van der Waals surface area contributed by atoms with Gasteiger partial charge in [-0.1, -0.05) is 26.0 Å². The van der Waals surface area contributed by atoms with E-state index in [9.17, 15) is 9.59 Å². The Bertz CT molecular complexity index is 657. The summed E-state index contributed by atoms with van der Waals surface area (Å²) in [5.74, 6) is 2.64. The van der Waals surface area contributed by atoms with Crippen LogP contribution in [0.1, 0.15) is 63.9 Å². The third kappa shape index (κ3) is 3.38. The molecule has 140 valence electrons. The van der Waals surface area contributed by atoms with Crippen LogP contribution in [0.15, 0.2) is 24.3 Å². The number of rotatable bonds is 5. The molecule has 0 spiro atoms. The molecule has 4 heteroatoms. The van der Waals surface area contributed by atoms with Crippen molar-refractivity contribution in [3.05, 3.63) is 29.8 Å². The molecular weight excluding hydrogens is 324 g/mol. The Morgan fingerprint density at radius 3 is 2.04 bits per heavy atom. The van der Waals surface area contributed by atoms with E-state index in [2.05, 4.69) is 24.5 Å². The number of nitrogens with one attached hydrogen (secondary N) is 2. The molecule has 0 heterocycles. The fourth-order valence-electron chi connectivity index (χ4n) is 5.89. The van der Waals surface area contributed by atoms with Crippen LogP contribution < -0.4 is 10.6 Å². The highest BCUT2D eigenvalue weighted by atomic mass is 16.2. The van der Waals surface area contributed by atoms with Crippen molar-refractivity contribution in [2.45, 2.75) is 58.3 Å². The van der Waals surface area contributed by atoms with Crippen LogP contribution in [0.3, 0.4) is 0 Å². The summed E-state index contributed by atoms with van der Waals surface area (Å²) in [5.41, 5.74) is 1.84. The third-order valence-electron chi connectivity index (χ3n) is 6.79. The second kappa shape index (κ2) is 6.71. The third-order valence-corrected chi connectivity index (χ3v) is 6.79. The highest BCUT2D eigenvalue weighted by molar-refractivity contribution is 5.95. The Kier molecular flexibility index (Phi) is 4.54.